The average molecular weight is 493 g/mol. The Hall–Kier alpha value is -3.42. The number of methoxy groups -OCH3 is 1. The highest BCUT2D eigenvalue weighted by Gasteiger charge is 2.41. The summed E-state index contributed by atoms with van der Waals surface area (Å²) in [7, 11) is 1.65. The molecule has 2 aromatic carbocycles. The fourth-order valence-electron chi connectivity index (χ4n) is 4.33. The quantitative estimate of drug-likeness (QED) is 0.342. The molecule has 1 saturated heterocycles. The summed E-state index contributed by atoms with van der Waals surface area (Å²) in [5.41, 5.74) is 3.74. The molecule has 34 heavy (non-hydrogen) atoms. The molecule has 1 aliphatic heterocycles. The van der Waals surface area contributed by atoms with Crippen molar-refractivity contribution in [1.29, 1.82) is 0 Å². The third kappa shape index (κ3) is 4.24. The Morgan fingerprint density at radius 1 is 1.09 bits per heavy atom. The number of aromatic nitrogens is 2. The van der Waals surface area contributed by atoms with Crippen LogP contribution >= 0.6 is 23.8 Å². The molecule has 8 heteroatoms. The van der Waals surface area contributed by atoms with Crippen molar-refractivity contribution in [2.45, 2.75) is 18.6 Å². The van der Waals surface area contributed by atoms with Crippen molar-refractivity contribution in [3.05, 3.63) is 113 Å². The zero-order valence-electron chi connectivity index (χ0n) is 18.4. The predicted octanol–water partition coefficient (Wildman–Crippen LogP) is 5.85. The van der Waals surface area contributed by atoms with Crippen LogP contribution in [0.2, 0.25) is 5.02 Å². The molecule has 5 rings (SSSR count). The lowest BCUT2D eigenvalue weighted by Crippen LogP contribution is -2.30. The van der Waals surface area contributed by atoms with Crippen LogP contribution in [0.15, 0.2) is 85.2 Å². The van der Waals surface area contributed by atoms with Gasteiger partial charge >= 0.3 is 0 Å². The molecule has 0 aliphatic carbocycles. The monoisotopic (exact) mass is 492 g/mol. The Morgan fingerprint density at radius 3 is 2.62 bits per heavy atom. The number of pyridine rings is 1. The van der Waals surface area contributed by atoms with E-state index in [2.05, 4.69) is 21.3 Å². The van der Waals surface area contributed by atoms with E-state index in [4.69, 9.17) is 28.6 Å². The summed E-state index contributed by atoms with van der Waals surface area (Å²) in [6.07, 6.45) is 3.73. The van der Waals surface area contributed by atoms with Crippen LogP contribution in [-0.4, -0.2) is 26.7 Å². The summed E-state index contributed by atoms with van der Waals surface area (Å²) in [6, 6.07) is 22.2. The fourth-order valence-corrected chi connectivity index (χ4v) is 4.81. The molecule has 0 amide bonds. The van der Waals surface area contributed by atoms with Crippen LogP contribution in [-0.2, 0) is 6.54 Å². The van der Waals surface area contributed by atoms with Crippen molar-refractivity contribution in [2.24, 2.45) is 0 Å². The average Bonchev–Trinajstić information content (AvgIpc) is 3.46. The molecule has 0 bridgehead atoms. The topological polar surface area (TPSA) is 42.3 Å². The van der Waals surface area contributed by atoms with Gasteiger partial charge in [0.1, 0.15) is 11.6 Å². The number of hydrogen-bond donors (Lipinski definition) is 1. The van der Waals surface area contributed by atoms with Gasteiger partial charge in [0.15, 0.2) is 5.11 Å². The molecule has 1 N–H and O–H groups in total. The van der Waals surface area contributed by atoms with Crippen LogP contribution in [0.4, 0.5) is 4.39 Å². The Kier molecular flexibility index (Phi) is 6.22. The summed E-state index contributed by atoms with van der Waals surface area (Å²) in [5.74, 6) is 0.353. The summed E-state index contributed by atoms with van der Waals surface area (Å²) in [6.45, 7) is 0.596. The molecule has 0 radical (unpaired) electrons. The van der Waals surface area contributed by atoms with E-state index < -0.39 is 5.82 Å². The molecular weight excluding hydrogens is 471 g/mol. The zero-order chi connectivity index (χ0) is 23.7. The molecular formula is C26H22ClFN4OS. The van der Waals surface area contributed by atoms with Gasteiger partial charge < -0.3 is 19.5 Å². The molecule has 0 unspecified atom stereocenters. The van der Waals surface area contributed by atoms with E-state index in [1.54, 1.807) is 25.4 Å². The first kappa shape index (κ1) is 22.4. The number of nitrogens with one attached hydrogen (secondary N) is 1. The highest BCUT2D eigenvalue weighted by molar-refractivity contribution is 7.80. The predicted molar refractivity (Wildman–Crippen MR) is 135 cm³/mol. The van der Waals surface area contributed by atoms with Crippen LogP contribution in [0.5, 0.6) is 5.75 Å². The van der Waals surface area contributed by atoms with E-state index in [1.165, 1.54) is 6.07 Å². The highest BCUT2D eigenvalue weighted by atomic mass is 35.5. The van der Waals surface area contributed by atoms with Crippen molar-refractivity contribution in [3.63, 3.8) is 0 Å². The molecule has 1 fully saturated rings. The van der Waals surface area contributed by atoms with E-state index in [-0.39, 0.29) is 17.1 Å². The van der Waals surface area contributed by atoms with E-state index in [0.717, 1.165) is 28.4 Å². The van der Waals surface area contributed by atoms with Gasteiger partial charge in [-0.15, -0.1) is 0 Å². The van der Waals surface area contributed by atoms with Gasteiger partial charge in [-0.05, 0) is 72.4 Å². The maximum atomic E-state index is 13.8. The second kappa shape index (κ2) is 9.44. The van der Waals surface area contributed by atoms with Gasteiger partial charge in [-0.2, -0.15) is 0 Å². The zero-order valence-corrected chi connectivity index (χ0v) is 19.9. The number of nitrogens with zero attached hydrogens (tertiary/aromatic N) is 3. The molecule has 1 aliphatic rings. The van der Waals surface area contributed by atoms with Crippen LogP contribution in [0.1, 0.15) is 29.0 Å². The van der Waals surface area contributed by atoms with Crippen molar-refractivity contribution < 1.29 is 9.13 Å². The number of rotatable bonds is 6. The van der Waals surface area contributed by atoms with E-state index in [9.17, 15) is 4.39 Å². The summed E-state index contributed by atoms with van der Waals surface area (Å²) in [5, 5.41) is 4.19. The molecule has 5 nitrogen and oxygen atoms in total. The molecule has 0 spiro atoms. The number of benzene rings is 2. The number of halogens is 2. The number of hydrogen-bond acceptors (Lipinski definition) is 3. The van der Waals surface area contributed by atoms with Gasteiger partial charge in [0.25, 0.3) is 0 Å². The van der Waals surface area contributed by atoms with Crippen molar-refractivity contribution >= 4 is 28.9 Å². The largest absolute Gasteiger partial charge is 0.497 e. The van der Waals surface area contributed by atoms with Gasteiger partial charge in [0.05, 0.1) is 29.9 Å². The van der Waals surface area contributed by atoms with Gasteiger partial charge in [0, 0.05) is 30.3 Å². The lowest BCUT2D eigenvalue weighted by Gasteiger charge is -2.29. The minimum atomic E-state index is -0.449. The van der Waals surface area contributed by atoms with Crippen LogP contribution < -0.4 is 10.1 Å². The number of ether oxygens (including phenoxy) is 1. The van der Waals surface area contributed by atoms with Crippen molar-refractivity contribution in [3.8, 4) is 11.4 Å². The highest BCUT2D eigenvalue weighted by Crippen LogP contribution is 2.40. The third-order valence-electron chi connectivity index (χ3n) is 5.97. The molecule has 2 atom stereocenters. The van der Waals surface area contributed by atoms with Crippen LogP contribution in [0.3, 0.4) is 0 Å². The Bertz CT molecular complexity index is 1310. The molecule has 0 saturated carbocycles. The van der Waals surface area contributed by atoms with E-state index in [0.29, 0.717) is 11.7 Å². The van der Waals surface area contributed by atoms with Crippen molar-refractivity contribution in [1.82, 2.24) is 19.8 Å². The molecule has 2 aromatic heterocycles. The second-order valence-corrected chi connectivity index (χ2v) is 8.80. The molecule has 3 heterocycles. The Morgan fingerprint density at radius 2 is 1.91 bits per heavy atom. The minimum Gasteiger partial charge on any atom is -0.497 e. The van der Waals surface area contributed by atoms with Crippen LogP contribution in [0, 0.1) is 5.82 Å². The fraction of sp³-hybridized carbons (Fsp3) is 0.154. The van der Waals surface area contributed by atoms with Gasteiger partial charge in [-0.1, -0.05) is 29.8 Å². The van der Waals surface area contributed by atoms with Gasteiger partial charge in [-0.25, -0.2) is 4.39 Å². The minimum absolute atomic E-state index is 0.0774. The smallest absolute Gasteiger partial charge is 0.170 e. The SMILES string of the molecule is COc1ccc(CN2C(=S)N[C@@H](c3ccccn3)[C@@H]2c2cccn2-c2ccc(F)c(Cl)c2)cc1. The summed E-state index contributed by atoms with van der Waals surface area (Å²) >= 11 is 11.9. The normalized spacial score (nSPS) is 17.6. The summed E-state index contributed by atoms with van der Waals surface area (Å²) < 4.78 is 21.2. The second-order valence-electron chi connectivity index (χ2n) is 8.00. The standard InChI is InChI=1S/C26H22ClFN4OS/c1-33-19-10-7-17(8-11-19)16-32-25(24(30-26(32)34)22-5-2-3-13-29-22)23-6-4-14-31(23)18-9-12-21(28)20(27)15-18/h2-15,24-25H,16H2,1H3,(H,30,34)/t24-,25-/m0/s1. The van der Waals surface area contributed by atoms with Crippen LogP contribution in [0.25, 0.3) is 5.69 Å². The maximum Gasteiger partial charge on any atom is 0.170 e. The van der Waals surface area contributed by atoms with Gasteiger partial charge in [0.2, 0.25) is 0 Å². The molecule has 4 aromatic rings. The van der Waals surface area contributed by atoms with Gasteiger partial charge in [-0.3, -0.25) is 4.98 Å². The lowest BCUT2D eigenvalue weighted by molar-refractivity contribution is 0.302. The Balaban J connectivity index is 1.58. The third-order valence-corrected chi connectivity index (χ3v) is 6.62. The van der Waals surface area contributed by atoms with E-state index in [1.807, 2.05) is 59.3 Å². The first-order chi connectivity index (χ1) is 16.5. The van der Waals surface area contributed by atoms with Crippen molar-refractivity contribution in [2.75, 3.05) is 7.11 Å². The molecule has 172 valence electrons. The Labute approximate surface area is 207 Å². The first-order valence-corrected chi connectivity index (χ1v) is 11.6. The lowest BCUT2D eigenvalue weighted by atomic mass is 10.0. The maximum absolute atomic E-state index is 13.8. The van der Waals surface area contributed by atoms with E-state index >= 15 is 0 Å². The summed E-state index contributed by atoms with van der Waals surface area (Å²) in [4.78, 5) is 6.76. The number of thiocarbonyl (C=S) groups is 1. The first-order valence-electron chi connectivity index (χ1n) is 10.8.